The van der Waals surface area contributed by atoms with E-state index in [4.69, 9.17) is 13.3 Å². The highest BCUT2D eigenvalue weighted by molar-refractivity contribution is 7.63. The summed E-state index contributed by atoms with van der Waals surface area (Å²) in [5.74, 6) is 0. The molecule has 0 unspecified atom stereocenters. The molecule has 4 nitrogen and oxygen atoms in total. The predicted molar refractivity (Wildman–Crippen MR) is 69.5 cm³/mol. The molecule has 98 valence electrons. The number of hydrogen-bond acceptors (Lipinski definition) is 4. The fraction of sp³-hybridized carbons (Fsp3) is 1.00. The van der Waals surface area contributed by atoms with Gasteiger partial charge in [-0.15, -0.1) is 0 Å². The lowest BCUT2D eigenvalue weighted by molar-refractivity contribution is 0.115. The van der Waals surface area contributed by atoms with Crippen LogP contribution in [-0.4, -0.2) is 41.7 Å². The highest BCUT2D eigenvalue weighted by Crippen LogP contribution is 2.45. The first kappa shape index (κ1) is 16.3. The summed E-state index contributed by atoms with van der Waals surface area (Å²) in [5.41, 5.74) is 0. The first-order chi connectivity index (χ1) is 7.51. The van der Waals surface area contributed by atoms with E-state index in [-0.39, 0.29) is 6.35 Å². The van der Waals surface area contributed by atoms with E-state index in [1.165, 1.54) is 0 Å². The molecule has 0 atom stereocenters. The lowest BCUT2D eigenvalue weighted by Crippen LogP contribution is -2.44. The second kappa shape index (κ2) is 7.61. The predicted octanol–water partition coefficient (Wildman–Crippen LogP) is 3.01. The maximum atomic E-state index is 12.2. The molecule has 0 fully saturated rings. The minimum Gasteiger partial charge on any atom is -0.377 e. The fourth-order valence-corrected chi connectivity index (χ4v) is 5.51. The van der Waals surface area contributed by atoms with Crippen LogP contribution in [0.3, 0.4) is 0 Å². The Labute approximate surface area is 100 Å². The third-order valence-electron chi connectivity index (χ3n) is 2.85. The topological polar surface area (TPSA) is 44.8 Å². The standard InChI is InChI=1S/C10H25O4PSi/c1-6-9-16(12-4,13-5)14-10-15(11,7-2)8-3/h6-10H2,1-5H3. The van der Waals surface area contributed by atoms with E-state index < -0.39 is 15.9 Å². The normalized spacial score (nSPS) is 13.1. The third kappa shape index (κ3) is 4.68. The van der Waals surface area contributed by atoms with Gasteiger partial charge >= 0.3 is 8.80 Å². The van der Waals surface area contributed by atoms with Crippen LogP contribution in [0.5, 0.6) is 0 Å². The third-order valence-corrected chi connectivity index (χ3v) is 8.94. The van der Waals surface area contributed by atoms with Gasteiger partial charge in [0, 0.05) is 32.6 Å². The first-order valence-corrected chi connectivity index (χ1v) is 10.0. The maximum Gasteiger partial charge on any atom is 0.500 e. The smallest absolute Gasteiger partial charge is 0.377 e. The summed E-state index contributed by atoms with van der Waals surface area (Å²) in [4.78, 5) is 0. The Hall–Kier alpha value is 0.327. The molecule has 0 saturated heterocycles. The minimum atomic E-state index is -2.56. The van der Waals surface area contributed by atoms with Gasteiger partial charge in [0.15, 0.2) is 0 Å². The van der Waals surface area contributed by atoms with Crippen LogP contribution >= 0.6 is 7.14 Å². The van der Waals surface area contributed by atoms with Crippen molar-refractivity contribution in [2.75, 3.05) is 32.9 Å². The van der Waals surface area contributed by atoms with Crippen molar-refractivity contribution >= 4 is 15.9 Å². The van der Waals surface area contributed by atoms with Crippen LogP contribution in [0.2, 0.25) is 6.04 Å². The lowest BCUT2D eigenvalue weighted by atomic mass is 10.6. The van der Waals surface area contributed by atoms with Crippen molar-refractivity contribution in [3.63, 3.8) is 0 Å². The average molecular weight is 268 g/mol. The molecule has 0 radical (unpaired) electrons. The average Bonchev–Trinajstić information content (AvgIpc) is 2.34. The van der Waals surface area contributed by atoms with Crippen molar-refractivity contribution in [1.82, 2.24) is 0 Å². The first-order valence-electron chi connectivity index (χ1n) is 5.82. The van der Waals surface area contributed by atoms with Gasteiger partial charge in [0.2, 0.25) is 0 Å². The van der Waals surface area contributed by atoms with Crippen molar-refractivity contribution in [2.24, 2.45) is 0 Å². The van der Waals surface area contributed by atoms with Gasteiger partial charge in [-0.3, -0.25) is 0 Å². The molecule has 0 aliphatic carbocycles. The van der Waals surface area contributed by atoms with Gasteiger partial charge < -0.3 is 17.8 Å². The Morgan fingerprint density at radius 3 is 1.88 bits per heavy atom. The molecule has 0 amide bonds. The monoisotopic (exact) mass is 268 g/mol. The summed E-state index contributed by atoms with van der Waals surface area (Å²) >= 11 is 0. The van der Waals surface area contributed by atoms with Gasteiger partial charge in [-0.2, -0.15) is 0 Å². The Kier molecular flexibility index (Phi) is 7.77. The molecule has 0 aliphatic heterocycles. The molecule has 0 rings (SSSR count). The van der Waals surface area contributed by atoms with Gasteiger partial charge in [-0.05, 0) is 0 Å². The summed E-state index contributed by atoms with van der Waals surface area (Å²) < 4.78 is 28.7. The summed E-state index contributed by atoms with van der Waals surface area (Å²) in [7, 11) is -1.52. The second-order valence-electron chi connectivity index (χ2n) is 3.81. The molecule has 0 saturated carbocycles. The van der Waals surface area contributed by atoms with E-state index in [0.29, 0.717) is 12.3 Å². The van der Waals surface area contributed by atoms with E-state index in [9.17, 15) is 4.57 Å². The molecule has 0 heterocycles. The summed E-state index contributed by atoms with van der Waals surface area (Å²) in [6, 6.07) is 0.771. The zero-order valence-corrected chi connectivity index (χ0v) is 13.0. The Morgan fingerprint density at radius 1 is 1.06 bits per heavy atom. The SMILES string of the molecule is CCC[Si](OC)(OC)OCP(=O)(CC)CC. The lowest BCUT2D eigenvalue weighted by Gasteiger charge is -2.28. The largest absolute Gasteiger partial charge is 0.500 e. The van der Waals surface area contributed by atoms with E-state index in [1.807, 2.05) is 13.8 Å². The highest BCUT2D eigenvalue weighted by Gasteiger charge is 2.39. The maximum absolute atomic E-state index is 12.2. The van der Waals surface area contributed by atoms with Crippen molar-refractivity contribution < 1.29 is 17.8 Å². The van der Waals surface area contributed by atoms with Crippen LogP contribution in [0.25, 0.3) is 0 Å². The van der Waals surface area contributed by atoms with Crippen molar-refractivity contribution in [1.29, 1.82) is 0 Å². The fourth-order valence-electron chi connectivity index (χ4n) is 1.41. The van der Waals surface area contributed by atoms with E-state index in [0.717, 1.165) is 12.5 Å². The van der Waals surface area contributed by atoms with Gasteiger partial charge in [0.1, 0.15) is 7.14 Å². The molecule has 0 aromatic heterocycles. The van der Waals surface area contributed by atoms with Crippen LogP contribution in [0.1, 0.15) is 27.2 Å². The summed E-state index contributed by atoms with van der Waals surface area (Å²) in [6.45, 7) is 5.94. The number of hydrogen-bond donors (Lipinski definition) is 0. The van der Waals surface area contributed by atoms with Crippen LogP contribution in [0.15, 0.2) is 0 Å². The Balaban J connectivity index is 4.47. The van der Waals surface area contributed by atoms with E-state index in [2.05, 4.69) is 6.92 Å². The summed E-state index contributed by atoms with van der Waals surface area (Å²) in [6.07, 6.45) is 2.57. The van der Waals surface area contributed by atoms with E-state index in [1.54, 1.807) is 14.2 Å². The molecule has 0 aromatic rings. The minimum absolute atomic E-state index is 0.286. The van der Waals surface area contributed by atoms with Gasteiger partial charge in [0.25, 0.3) is 0 Å². The molecule has 0 aromatic carbocycles. The highest BCUT2D eigenvalue weighted by atomic mass is 31.2. The van der Waals surface area contributed by atoms with Crippen LogP contribution in [-0.2, 0) is 17.8 Å². The molecular weight excluding hydrogens is 243 g/mol. The second-order valence-corrected chi connectivity index (χ2v) is 10.4. The molecular formula is C10H25O4PSi. The van der Waals surface area contributed by atoms with E-state index >= 15 is 0 Å². The molecule has 6 heteroatoms. The molecule has 0 bridgehead atoms. The van der Waals surface area contributed by atoms with Crippen molar-refractivity contribution in [3.05, 3.63) is 0 Å². The van der Waals surface area contributed by atoms with Crippen LogP contribution in [0.4, 0.5) is 0 Å². The van der Waals surface area contributed by atoms with Gasteiger partial charge in [-0.1, -0.05) is 27.2 Å². The number of rotatable bonds is 9. The Bertz CT molecular complexity index is 223. The molecule has 16 heavy (non-hydrogen) atoms. The zero-order valence-electron chi connectivity index (χ0n) is 11.1. The van der Waals surface area contributed by atoms with Gasteiger partial charge in [0.05, 0.1) is 6.35 Å². The van der Waals surface area contributed by atoms with Crippen LogP contribution in [0, 0.1) is 0 Å². The summed E-state index contributed by atoms with van der Waals surface area (Å²) in [5, 5.41) is 0. The Morgan fingerprint density at radius 2 is 1.56 bits per heavy atom. The molecule has 0 spiro atoms. The van der Waals surface area contributed by atoms with Crippen molar-refractivity contribution in [2.45, 2.75) is 33.2 Å². The quantitative estimate of drug-likeness (QED) is 0.476. The van der Waals surface area contributed by atoms with Crippen molar-refractivity contribution in [3.8, 4) is 0 Å². The van der Waals surface area contributed by atoms with Gasteiger partial charge in [-0.25, -0.2) is 0 Å². The molecule has 0 aliphatic rings. The van der Waals surface area contributed by atoms with Crippen LogP contribution < -0.4 is 0 Å². The molecule has 0 N–H and O–H groups in total. The zero-order chi connectivity index (χ0) is 12.7.